The molecule has 5 nitrogen and oxygen atoms in total. The molecule has 0 saturated heterocycles. The van der Waals surface area contributed by atoms with Gasteiger partial charge < -0.3 is 5.73 Å². The summed E-state index contributed by atoms with van der Waals surface area (Å²) in [7, 11) is -3.70. The third-order valence-corrected chi connectivity index (χ3v) is 4.66. The van der Waals surface area contributed by atoms with Gasteiger partial charge in [-0.2, -0.15) is 5.26 Å². The molecular formula is C13H10BrN3O2S. The summed E-state index contributed by atoms with van der Waals surface area (Å²) < 4.78 is 27.4. The summed E-state index contributed by atoms with van der Waals surface area (Å²) in [6, 6.07) is 12.4. The normalized spacial score (nSPS) is 10.8. The van der Waals surface area contributed by atoms with E-state index >= 15 is 0 Å². The predicted octanol–water partition coefficient (Wildman–Crippen LogP) is 2.70. The van der Waals surface area contributed by atoms with Gasteiger partial charge in [0, 0.05) is 10.2 Å². The Labute approximate surface area is 125 Å². The van der Waals surface area contributed by atoms with Crippen LogP contribution in [0.1, 0.15) is 5.56 Å². The van der Waals surface area contributed by atoms with Gasteiger partial charge in [-0.25, -0.2) is 8.42 Å². The van der Waals surface area contributed by atoms with Crippen molar-refractivity contribution in [1.82, 2.24) is 0 Å². The number of halogens is 1. The van der Waals surface area contributed by atoms with E-state index in [1.54, 1.807) is 12.1 Å². The van der Waals surface area contributed by atoms with E-state index in [-0.39, 0.29) is 4.90 Å². The van der Waals surface area contributed by atoms with E-state index in [2.05, 4.69) is 20.7 Å². The average molecular weight is 352 g/mol. The van der Waals surface area contributed by atoms with Crippen LogP contribution >= 0.6 is 15.9 Å². The molecule has 3 N–H and O–H groups in total. The monoisotopic (exact) mass is 351 g/mol. The molecule has 0 saturated carbocycles. The number of rotatable bonds is 3. The fourth-order valence-electron chi connectivity index (χ4n) is 1.53. The molecule has 0 atom stereocenters. The largest absolute Gasteiger partial charge is 0.398 e. The minimum Gasteiger partial charge on any atom is -0.398 e. The maximum Gasteiger partial charge on any atom is 0.261 e. The Hall–Kier alpha value is -2.04. The van der Waals surface area contributed by atoms with Crippen molar-refractivity contribution in [3.8, 4) is 6.07 Å². The lowest BCUT2D eigenvalue weighted by Gasteiger charge is -2.09. The van der Waals surface area contributed by atoms with Crippen LogP contribution in [0.15, 0.2) is 51.8 Å². The van der Waals surface area contributed by atoms with Crippen molar-refractivity contribution in [2.75, 3.05) is 10.5 Å². The zero-order chi connectivity index (χ0) is 14.8. The highest BCUT2D eigenvalue weighted by Crippen LogP contribution is 2.24. The highest BCUT2D eigenvalue weighted by molar-refractivity contribution is 9.10. The first-order valence-corrected chi connectivity index (χ1v) is 7.78. The number of nitrogens with zero attached hydrogens (tertiary/aromatic N) is 1. The average Bonchev–Trinajstić information content (AvgIpc) is 2.43. The maximum absolute atomic E-state index is 12.2. The van der Waals surface area contributed by atoms with Crippen LogP contribution in [-0.4, -0.2) is 8.42 Å². The predicted molar refractivity (Wildman–Crippen MR) is 80.5 cm³/mol. The van der Waals surface area contributed by atoms with Gasteiger partial charge in [0.1, 0.15) is 0 Å². The third kappa shape index (κ3) is 3.10. The number of hydrogen-bond donors (Lipinski definition) is 2. The number of hydrogen-bond acceptors (Lipinski definition) is 4. The van der Waals surface area contributed by atoms with E-state index in [9.17, 15) is 8.42 Å². The van der Waals surface area contributed by atoms with Crippen LogP contribution in [0.5, 0.6) is 0 Å². The standard InChI is InChI=1S/C13H10BrN3O2S/c14-12-6-3-10(7-13(12)16)17-20(18,19)11-4-1-9(8-15)2-5-11/h1-7,17H,16H2. The highest BCUT2D eigenvalue weighted by atomic mass is 79.9. The lowest BCUT2D eigenvalue weighted by Crippen LogP contribution is -2.13. The summed E-state index contributed by atoms with van der Waals surface area (Å²) in [5.41, 5.74) is 6.90. The van der Waals surface area contributed by atoms with Gasteiger partial charge >= 0.3 is 0 Å². The van der Waals surface area contributed by atoms with Crippen LogP contribution in [0.3, 0.4) is 0 Å². The van der Waals surface area contributed by atoms with Gasteiger partial charge in [0.15, 0.2) is 0 Å². The van der Waals surface area contributed by atoms with E-state index in [1.165, 1.54) is 30.3 Å². The Morgan fingerprint density at radius 3 is 2.35 bits per heavy atom. The number of nitrogens with two attached hydrogens (primary N) is 1. The van der Waals surface area contributed by atoms with Crippen LogP contribution < -0.4 is 10.5 Å². The molecule has 2 aromatic rings. The Kier molecular flexibility index (Phi) is 3.97. The zero-order valence-electron chi connectivity index (χ0n) is 10.2. The second-order valence-corrected chi connectivity index (χ2v) is 6.51. The Morgan fingerprint density at radius 2 is 1.80 bits per heavy atom. The number of benzene rings is 2. The molecule has 0 aromatic heterocycles. The molecule has 0 bridgehead atoms. The molecule has 0 aliphatic heterocycles. The third-order valence-electron chi connectivity index (χ3n) is 2.54. The van der Waals surface area contributed by atoms with Crippen LogP contribution in [0, 0.1) is 11.3 Å². The lowest BCUT2D eigenvalue weighted by atomic mass is 10.2. The molecule has 0 radical (unpaired) electrons. The number of nitriles is 1. The highest BCUT2D eigenvalue weighted by Gasteiger charge is 2.14. The van der Waals surface area contributed by atoms with Crippen LogP contribution in [0.25, 0.3) is 0 Å². The van der Waals surface area contributed by atoms with Gasteiger partial charge in [-0.05, 0) is 58.4 Å². The van der Waals surface area contributed by atoms with Crippen LogP contribution in [0.2, 0.25) is 0 Å². The fraction of sp³-hybridized carbons (Fsp3) is 0. The molecule has 0 aliphatic carbocycles. The first-order valence-electron chi connectivity index (χ1n) is 5.50. The summed E-state index contributed by atoms with van der Waals surface area (Å²) in [6.45, 7) is 0. The number of nitrogen functional groups attached to an aromatic ring is 1. The molecule has 2 aromatic carbocycles. The van der Waals surface area contributed by atoms with Gasteiger partial charge in [-0.15, -0.1) is 0 Å². The van der Waals surface area contributed by atoms with Gasteiger partial charge in [-0.1, -0.05) is 0 Å². The van der Waals surface area contributed by atoms with Crippen LogP contribution in [0.4, 0.5) is 11.4 Å². The second-order valence-electron chi connectivity index (χ2n) is 3.98. The number of anilines is 2. The lowest BCUT2D eigenvalue weighted by molar-refractivity contribution is 0.601. The Bertz CT molecular complexity index is 780. The molecule has 0 unspecified atom stereocenters. The van der Waals surface area contributed by atoms with Crippen molar-refractivity contribution in [2.45, 2.75) is 4.90 Å². The van der Waals surface area contributed by atoms with Crippen molar-refractivity contribution in [2.24, 2.45) is 0 Å². The number of nitrogens with one attached hydrogen (secondary N) is 1. The fourth-order valence-corrected chi connectivity index (χ4v) is 2.83. The first-order chi connectivity index (χ1) is 9.42. The first kappa shape index (κ1) is 14.4. The molecule has 2 rings (SSSR count). The topological polar surface area (TPSA) is 96.0 Å². The molecule has 0 amide bonds. The van der Waals surface area contributed by atoms with Crippen molar-refractivity contribution < 1.29 is 8.42 Å². The summed E-state index contributed by atoms with van der Waals surface area (Å²) in [6.07, 6.45) is 0. The van der Waals surface area contributed by atoms with E-state index < -0.39 is 10.0 Å². The summed E-state index contributed by atoms with van der Waals surface area (Å²) in [5.74, 6) is 0. The van der Waals surface area contributed by atoms with E-state index in [0.717, 1.165) is 0 Å². The smallest absolute Gasteiger partial charge is 0.261 e. The molecule has 0 spiro atoms. The molecule has 0 fully saturated rings. The van der Waals surface area contributed by atoms with E-state index in [4.69, 9.17) is 11.0 Å². The molecule has 0 aliphatic rings. The minimum absolute atomic E-state index is 0.0815. The summed E-state index contributed by atoms with van der Waals surface area (Å²) >= 11 is 3.24. The van der Waals surface area contributed by atoms with E-state index in [1.807, 2.05) is 6.07 Å². The van der Waals surface area contributed by atoms with Crippen molar-refractivity contribution >= 4 is 37.3 Å². The van der Waals surface area contributed by atoms with Gasteiger partial charge in [0.05, 0.1) is 22.2 Å². The quantitative estimate of drug-likeness (QED) is 0.830. The summed E-state index contributed by atoms with van der Waals surface area (Å²) in [5, 5.41) is 8.69. The zero-order valence-corrected chi connectivity index (χ0v) is 12.6. The molecule has 7 heteroatoms. The molecular weight excluding hydrogens is 342 g/mol. The Balaban J connectivity index is 2.30. The molecule has 0 heterocycles. The number of sulfonamides is 1. The molecule has 20 heavy (non-hydrogen) atoms. The van der Waals surface area contributed by atoms with Crippen molar-refractivity contribution in [3.05, 3.63) is 52.5 Å². The van der Waals surface area contributed by atoms with Gasteiger partial charge in [0.25, 0.3) is 10.0 Å². The maximum atomic E-state index is 12.2. The van der Waals surface area contributed by atoms with E-state index in [0.29, 0.717) is 21.4 Å². The SMILES string of the molecule is N#Cc1ccc(S(=O)(=O)Nc2ccc(Br)c(N)c2)cc1. The summed E-state index contributed by atoms with van der Waals surface area (Å²) in [4.78, 5) is 0.0815. The molecule has 102 valence electrons. The van der Waals surface area contributed by atoms with Crippen molar-refractivity contribution in [1.29, 1.82) is 5.26 Å². The second kappa shape index (κ2) is 5.53. The Morgan fingerprint density at radius 1 is 1.15 bits per heavy atom. The van der Waals surface area contributed by atoms with Crippen LogP contribution in [-0.2, 0) is 10.0 Å². The van der Waals surface area contributed by atoms with Gasteiger partial charge in [-0.3, -0.25) is 4.72 Å². The van der Waals surface area contributed by atoms with Crippen molar-refractivity contribution in [3.63, 3.8) is 0 Å². The minimum atomic E-state index is -3.70. The van der Waals surface area contributed by atoms with Gasteiger partial charge in [0.2, 0.25) is 0 Å².